The fourth-order valence-electron chi connectivity index (χ4n) is 0.992. The molecule has 2 N–H and O–H groups in total. The molecule has 9 heteroatoms. The lowest BCUT2D eigenvalue weighted by molar-refractivity contribution is -0.385. The average molecular weight is 273 g/mol. The van der Waals surface area contributed by atoms with Gasteiger partial charge in [0.25, 0.3) is 0 Å². The zero-order chi connectivity index (χ0) is 12.5. The van der Waals surface area contributed by atoms with E-state index in [0.717, 1.165) is 12.1 Å². The Morgan fingerprint density at radius 1 is 1.50 bits per heavy atom. The standard InChI is InChI=1S/C7H4Cl2F2N2O3/c8-3-1-4(12)6(13(14)15)5(2-3)16-7(9,10)11/h1-2H,12H2. The minimum Gasteiger partial charge on any atom is -0.412 e. The van der Waals surface area contributed by atoms with Crippen molar-refractivity contribution in [1.82, 2.24) is 0 Å². The first-order chi connectivity index (χ1) is 7.20. The molecule has 1 aromatic carbocycles. The van der Waals surface area contributed by atoms with Crippen molar-refractivity contribution in [2.45, 2.75) is 5.57 Å². The molecule has 16 heavy (non-hydrogen) atoms. The van der Waals surface area contributed by atoms with Gasteiger partial charge in [-0.05, 0) is 6.07 Å². The Balaban J connectivity index is 3.30. The molecule has 1 aromatic rings. The van der Waals surface area contributed by atoms with Crippen LogP contribution in [0.1, 0.15) is 0 Å². The van der Waals surface area contributed by atoms with E-state index in [1.54, 1.807) is 0 Å². The molecule has 0 saturated heterocycles. The summed E-state index contributed by atoms with van der Waals surface area (Å²) in [5.74, 6) is -0.796. The van der Waals surface area contributed by atoms with Crippen LogP contribution in [0.3, 0.4) is 0 Å². The normalized spacial score (nSPS) is 11.2. The van der Waals surface area contributed by atoms with Gasteiger partial charge in [0.05, 0.1) is 4.92 Å². The highest BCUT2D eigenvalue weighted by Gasteiger charge is 2.33. The highest BCUT2D eigenvalue weighted by Crippen LogP contribution is 2.39. The van der Waals surface area contributed by atoms with E-state index in [9.17, 15) is 18.9 Å². The third-order valence-corrected chi connectivity index (χ3v) is 1.77. The molecule has 0 heterocycles. The number of anilines is 1. The number of halogens is 4. The molecular weight excluding hydrogens is 269 g/mol. The maximum absolute atomic E-state index is 12.4. The molecule has 0 spiro atoms. The van der Waals surface area contributed by atoms with Crippen molar-refractivity contribution in [3.63, 3.8) is 0 Å². The molecule has 0 unspecified atom stereocenters. The molecule has 0 aliphatic carbocycles. The average Bonchev–Trinajstić information content (AvgIpc) is 1.96. The monoisotopic (exact) mass is 272 g/mol. The van der Waals surface area contributed by atoms with E-state index in [1.165, 1.54) is 0 Å². The summed E-state index contributed by atoms with van der Waals surface area (Å²) in [6.07, 6.45) is 0. The van der Waals surface area contributed by atoms with Gasteiger partial charge >= 0.3 is 11.3 Å². The fraction of sp³-hybridized carbons (Fsp3) is 0.143. The van der Waals surface area contributed by atoms with Crippen molar-refractivity contribution in [3.8, 4) is 5.75 Å². The van der Waals surface area contributed by atoms with Gasteiger partial charge in [0, 0.05) is 22.7 Å². The van der Waals surface area contributed by atoms with Gasteiger partial charge in [-0.3, -0.25) is 10.1 Å². The van der Waals surface area contributed by atoms with Gasteiger partial charge < -0.3 is 10.5 Å². The zero-order valence-corrected chi connectivity index (χ0v) is 8.93. The number of nitrogens with two attached hydrogens (primary N) is 1. The van der Waals surface area contributed by atoms with Crippen LogP contribution in [-0.4, -0.2) is 10.5 Å². The molecular formula is C7H4Cl2F2N2O3. The lowest BCUT2D eigenvalue weighted by Crippen LogP contribution is -2.17. The first-order valence-corrected chi connectivity index (χ1v) is 4.45. The van der Waals surface area contributed by atoms with Gasteiger partial charge in [0.2, 0.25) is 5.75 Å². The summed E-state index contributed by atoms with van der Waals surface area (Å²) >= 11 is 9.97. The maximum atomic E-state index is 12.4. The number of nitro groups is 1. The number of alkyl halides is 3. The van der Waals surface area contributed by atoms with Crippen LogP contribution in [0.2, 0.25) is 5.02 Å². The topological polar surface area (TPSA) is 78.4 Å². The summed E-state index contributed by atoms with van der Waals surface area (Å²) in [7, 11) is 0. The van der Waals surface area contributed by atoms with Crippen molar-refractivity contribution in [3.05, 3.63) is 27.3 Å². The smallest absolute Gasteiger partial charge is 0.412 e. The van der Waals surface area contributed by atoms with E-state index in [1.807, 2.05) is 0 Å². The first kappa shape index (κ1) is 12.7. The first-order valence-electron chi connectivity index (χ1n) is 3.70. The second-order valence-electron chi connectivity index (χ2n) is 2.65. The van der Waals surface area contributed by atoms with Crippen LogP contribution in [0.25, 0.3) is 0 Å². The molecule has 0 atom stereocenters. The summed E-state index contributed by atoms with van der Waals surface area (Å²) in [6.45, 7) is 0. The van der Waals surface area contributed by atoms with Crippen LogP contribution in [-0.2, 0) is 0 Å². The molecule has 1 rings (SSSR count). The van der Waals surface area contributed by atoms with E-state index in [0.29, 0.717) is 0 Å². The Hall–Kier alpha value is -1.34. The van der Waals surface area contributed by atoms with Crippen molar-refractivity contribution in [2.75, 3.05) is 5.73 Å². The van der Waals surface area contributed by atoms with Crippen LogP contribution in [0, 0.1) is 10.1 Å². The second-order valence-corrected chi connectivity index (χ2v) is 3.52. The summed E-state index contributed by atoms with van der Waals surface area (Å²) in [6, 6.07) is 1.87. The van der Waals surface area contributed by atoms with Gasteiger partial charge in [-0.15, -0.1) is 8.78 Å². The largest absolute Gasteiger partial charge is 0.487 e. The Bertz CT molecular complexity index is 436. The molecule has 0 bridgehead atoms. The maximum Gasteiger partial charge on any atom is 0.487 e. The summed E-state index contributed by atoms with van der Waals surface area (Å²) < 4.78 is 28.6. The van der Waals surface area contributed by atoms with Gasteiger partial charge in [-0.25, -0.2) is 0 Å². The van der Waals surface area contributed by atoms with Crippen LogP contribution in [0.5, 0.6) is 5.75 Å². The third kappa shape index (κ3) is 3.07. The SMILES string of the molecule is Nc1cc(Cl)cc(OC(F)(F)Cl)c1[N+](=O)[O-]. The van der Waals surface area contributed by atoms with Crippen LogP contribution in [0.4, 0.5) is 20.2 Å². The lowest BCUT2D eigenvalue weighted by atomic mass is 10.2. The van der Waals surface area contributed by atoms with Gasteiger partial charge in [-0.1, -0.05) is 11.6 Å². The van der Waals surface area contributed by atoms with Crippen LogP contribution >= 0.6 is 23.2 Å². The molecule has 0 aromatic heterocycles. The van der Waals surface area contributed by atoms with Crippen molar-refractivity contribution in [1.29, 1.82) is 0 Å². The van der Waals surface area contributed by atoms with E-state index in [2.05, 4.69) is 16.3 Å². The highest BCUT2D eigenvalue weighted by molar-refractivity contribution is 6.31. The molecule has 0 aliphatic rings. The Morgan fingerprint density at radius 2 is 2.06 bits per heavy atom. The molecule has 5 nitrogen and oxygen atoms in total. The van der Waals surface area contributed by atoms with Crippen LogP contribution < -0.4 is 10.5 Å². The number of nitro benzene ring substituents is 1. The summed E-state index contributed by atoms with van der Waals surface area (Å²) in [5, 5.41) is 10.5. The lowest BCUT2D eigenvalue weighted by Gasteiger charge is -2.11. The molecule has 0 amide bonds. The Labute approximate surface area is 97.8 Å². The number of hydrogen-bond donors (Lipinski definition) is 1. The highest BCUT2D eigenvalue weighted by atomic mass is 35.5. The van der Waals surface area contributed by atoms with Gasteiger partial charge in [0.1, 0.15) is 5.69 Å². The number of benzene rings is 1. The van der Waals surface area contributed by atoms with Gasteiger partial charge in [0.15, 0.2) is 0 Å². The summed E-state index contributed by atoms with van der Waals surface area (Å²) in [4.78, 5) is 9.59. The second kappa shape index (κ2) is 4.26. The molecule has 0 radical (unpaired) electrons. The fourth-order valence-corrected chi connectivity index (χ4v) is 1.29. The molecule has 0 aliphatic heterocycles. The van der Waals surface area contributed by atoms with Crippen molar-refractivity contribution < 1.29 is 18.4 Å². The van der Waals surface area contributed by atoms with E-state index in [4.69, 9.17) is 17.3 Å². The molecule has 0 fully saturated rings. The van der Waals surface area contributed by atoms with E-state index >= 15 is 0 Å². The van der Waals surface area contributed by atoms with Crippen molar-refractivity contribution in [2.24, 2.45) is 0 Å². The Morgan fingerprint density at radius 3 is 2.50 bits per heavy atom. The number of hydrogen-bond acceptors (Lipinski definition) is 4. The Kier molecular flexibility index (Phi) is 3.39. The quantitative estimate of drug-likeness (QED) is 0.397. The summed E-state index contributed by atoms with van der Waals surface area (Å²) in [5.41, 5.74) is -0.0436. The number of nitrogen functional groups attached to an aromatic ring is 1. The van der Waals surface area contributed by atoms with E-state index < -0.39 is 27.6 Å². The van der Waals surface area contributed by atoms with Gasteiger partial charge in [-0.2, -0.15) is 0 Å². The zero-order valence-electron chi connectivity index (χ0n) is 7.42. The molecule has 88 valence electrons. The number of nitrogens with zero attached hydrogens (tertiary/aromatic N) is 1. The predicted molar refractivity (Wildman–Crippen MR) is 53.9 cm³/mol. The third-order valence-electron chi connectivity index (χ3n) is 1.48. The minimum atomic E-state index is -4.08. The predicted octanol–water partition coefficient (Wildman–Crippen LogP) is 3.00. The minimum absolute atomic E-state index is 0.0842. The van der Waals surface area contributed by atoms with Crippen LogP contribution in [0.15, 0.2) is 12.1 Å². The number of rotatable bonds is 3. The van der Waals surface area contributed by atoms with Crippen molar-refractivity contribution >= 4 is 34.6 Å². The number of ether oxygens (including phenoxy) is 1. The molecule has 0 saturated carbocycles. The van der Waals surface area contributed by atoms with E-state index in [-0.39, 0.29) is 5.02 Å².